The largest absolute Gasteiger partial charge is 0.367 e. The Bertz CT molecular complexity index is 1220. The molecule has 0 radical (unpaired) electrons. The zero-order chi connectivity index (χ0) is 20.2. The van der Waals surface area contributed by atoms with Crippen molar-refractivity contribution in [3.63, 3.8) is 0 Å². The lowest BCUT2D eigenvalue weighted by molar-refractivity contribution is 0.707. The molecule has 28 heavy (non-hydrogen) atoms. The normalized spacial score (nSPS) is 13.9. The third kappa shape index (κ3) is 2.97. The minimum atomic E-state index is -0.405. The number of hydrogen-bond donors (Lipinski definition) is 2. The first-order valence-corrected chi connectivity index (χ1v) is 9.98. The van der Waals surface area contributed by atoms with Crippen molar-refractivity contribution in [2.24, 2.45) is 19.8 Å². The molecule has 0 atom stereocenters. The smallest absolute Gasteiger partial charge is 0.332 e. The van der Waals surface area contributed by atoms with Gasteiger partial charge in [-0.3, -0.25) is 13.9 Å². The van der Waals surface area contributed by atoms with E-state index in [1.54, 1.807) is 7.05 Å². The zero-order valence-corrected chi connectivity index (χ0v) is 17.6. The second-order valence-electron chi connectivity index (χ2n) is 7.32. The minimum Gasteiger partial charge on any atom is -0.367 e. The molecular formula is C20H22BrN5O2. The minimum absolute atomic E-state index is 0.222. The topological polar surface area (TPSA) is 94.9 Å². The van der Waals surface area contributed by atoms with Crippen LogP contribution in [0.2, 0.25) is 0 Å². The molecule has 0 aliphatic heterocycles. The second-order valence-corrected chi connectivity index (χ2v) is 8.18. The monoisotopic (exact) mass is 443 g/mol. The molecule has 4 rings (SSSR count). The maximum atomic E-state index is 13.1. The van der Waals surface area contributed by atoms with Crippen LogP contribution in [-0.2, 0) is 20.6 Å². The Morgan fingerprint density at radius 1 is 1.25 bits per heavy atom. The molecule has 1 saturated carbocycles. The number of nitrogens with one attached hydrogen (secondary N) is 1. The number of hydrogen-bond acceptors (Lipinski definition) is 5. The summed E-state index contributed by atoms with van der Waals surface area (Å²) in [6.45, 7) is 2.22. The predicted molar refractivity (Wildman–Crippen MR) is 115 cm³/mol. The van der Waals surface area contributed by atoms with E-state index in [0.717, 1.165) is 44.1 Å². The SMILES string of the molecule is Cc1ccc(Br)c(-c2c(CN)c(NC3CC3)nc3c2c(=O)n(C)c(=O)n3C)c1. The van der Waals surface area contributed by atoms with Gasteiger partial charge in [0.05, 0.1) is 5.39 Å². The van der Waals surface area contributed by atoms with Gasteiger partial charge in [-0.05, 0) is 31.4 Å². The van der Waals surface area contributed by atoms with Crippen molar-refractivity contribution in [1.82, 2.24) is 14.1 Å². The molecule has 1 aromatic carbocycles. The summed E-state index contributed by atoms with van der Waals surface area (Å²) in [6, 6.07) is 6.32. The summed E-state index contributed by atoms with van der Waals surface area (Å²) >= 11 is 3.62. The Labute approximate surface area is 170 Å². The molecule has 2 aromatic heterocycles. The number of rotatable bonds is 4. The van der Waals surface area contributed by atoms with E-state index in [2.05, 4.69) is 26.2 Å². The molecule has 2 heterocycles. The van der Waals surface area contributed by atoms with Gasteiger partial charge in [-0.25, -0.2) is 9.78 Å². The van der Waals surface area contributed by atoms with Crippen molar-refractivity contribution < 1.29 is 0 Å². The molecular weight excluding hydrogens is 422 g/mol. The molecule has 3 aromatic rings. The van der Waals surface area contributed by atoms with Crippen LogP contribution in [0.3, 0.4) is 0 Å². The lowest BCUT2D eigenvalue weighted by Crippen LogP contribution is -2.38. The molecule has 0 spiro atoms. The van der Waals surface area contributed by atoms with Gasteiger partial charge in [0.1, 0.15) is 5.82 Å². The summed E-state index contributed by atoms with van der Waals surface area (Å²) in [5.41, 5.74) is 9.15. The van der Waals surface area contributed by atoms with Gasteiger partial charge in [-0.2, -0.15) is 0 Å². The van der Waals surface area contributed by atoms with Crippen LogP contribution >= 0.6 is 15.9 Å². The number of aryl methyl sites for hydroxylation is 2. The fourth-order valence-electron chi connectivity index (χ4n) is 3.49. The number of halogens is 1. The van der Waals surface area contributed by atoms with Crippen molar-refractivity contribution in [1.29, 1.82) is 0 Å². The number of fused-ring (bicyclic) bond motifs is 1. The van der Waals surface area contributed by atoms with Crippen LogP contribution in [0.25, 0.3) is 22.2 Å². The lowest BCUT2D eigenvalue weighted by Gasteiger charge is -2.19. The van der Waals surface area contributed by atoms with E-state index in [9.17, 15) is 9.59 Å². The van der Waals surface area contributed by atoms with Gasteiger partial charge in [-0.15, -0.1) is 0 Å². The van der Waals surface area contributed by atoms with Crippen LogP contribution in [0.5, 0.6) is 0 Å². The Hall–Kier alpha value is -2.45. The lowest BCUT2D eigenvalue weighted by atomic mass is 9.96. The summed E-state index contributed by atoms with van der Waals surface area (Å²) in [5.74, 6) is 0.643. The summed E-state index contributed by atoms with van der Waals surface area (Å²) in [5, 5.41) is 3.82. The van der Waals surface area contributed by atoms with E-state index in [4.69, 9.17) is 5.73 Å². The molecule has 1 aliphatic rings. The molecule has 1 fully saturated rings. The first-order valence-electron chi connectivity index (χ1n) is 9.19. The van der Waals surface area contributed by atoms with Crippen LogP contribution < -0.4 is 22.3 Å². The van der Waals surface area contributed by atoms with E-state index in [1.165, 1.54) is 11.6 Å². The van der Waals surface area contributed by atoms with Crippen LogP contribution in [0.1, 0.15) is 24.0 Å². The van der Waals surface area contributed by atoms with E-state index in [0.29, 0.717) is 22.9 Å². The maximum absolute atomic E-state index is 13.1. The van der Waals surface area contributed by atoms with Gasteiger partial charge in [-0.1, -0.05) is 33.6 Å². The van der Waals surface area contributed by atoms with Gasteiger partial charge in [0, 0.05) is 42.3 Å². The van der Waals surface area contributed by atoms with Gasteiger partial charge in [0.2, 0.25) is 0 Å². The first kappa shape index (κ1) is 18.9. The van der Waals surface area contributed by atoms with E-state index in [1.807, 2.05) is 25.1 Å². The van der Waals surface area contributed by atoms with E-state index in [-0.39, 0.29) is 12.1 Å². The summed E-state index contributed by atoms with van der Waals surface area (Å²) in [6.07, 6.45) is 2.14. The number of aromatic nitrogens is 3. The Kier molecular flexibility index (Phi) is 4.63. The average Bonchev–Trinajstić information content (AvgIpc) is 3.49. The van der Waals surface area contributed by atoms with Crippen LogP contribution in [0, 0.1) is 6.92 Å². The van der Waals surface area contributed by atoms with Crippen molar-refractivity contribution in [3.8, 4) is 11.1 Å². The summed E-state index contributed by atoms with van der Waals surface area (Å²) < 4.78 is 3.39. The third-order valence-corrected chi connectivity index (χ3v) is 5.89. The highest BCUT2D eigenvalue weighted by molar-refractivity contribution is 9.10. The molecule has 0 unspecified atom stereocenters. The van der Waals surface area contributed by atoms with E-state index >= 15 is 0 Å². The molecule has 146 valence electrons. The zero-order valence-electron chi connectivity index (χ0n) is 16.0. The standard InChI is InChI=1S/C20H22BrN5O2/c1-10-4-7-14(21)12(8-10)15-13(9-22)17(23-11-5-6-11)24-18-16(15)19(27)26(3)20(28)25(18)2/h4,7-8,11H,5-6,9,22H2,1-3H3,(H,23,24). The molecule has 1 aliphatic carbocycles. The average molecular weight is 444 g/mol. The molecule has 0 amide bonds. The molecule has 8 heteroatoms. The number of anilines is 1. The first-order chi connectivity index (χ1) is 13.3. The van der Waals surface area contributed by atoms with Crippen molar-refractivity contribution >= 4 is 32.8 Å². The van der Waals surface area contributed by atoms with Gasteiger partial charge in [0.25, 0.3) is 5.56 Å². The third-order valence-electron chi connectivity index (χ3n) is 5.20. The predicted octanol–water partition coefficient (Wildman–Crippen LogP) is 2.40. The molecule has 0 bridgehead atoms. The molecule has 7 nitrogen and oxygen atoms in total. The number of nitrogens with two attached hydrogens (primary N) is 1. The maximum Gasteiger partial charge on any atom is 0.332 e. The van der Waals surface area contributed by atoms with Gasteiger partial charge in [0.15, 0.2) is 5.65 Å². The van der Waals surface area contributed by atoms with Crippen molar-refractivity contribution in [2.45, 2.75) is 32.4 Å². The van der Waals surface area contributed by atoms with Crippen molar-refractivity contribution in [2.75, 3.05) is 5.32 Å². The summed E-state index contributed by atoms with van der Waals surface area (Å²) in [7, 11) is 3.12. The number of benzene rings is 1. The summed E-state index contributed by atoms with van der Waals surface area (Å²) in [4.78, 5) is 30.3. The molecule has 3 N–H and O–H groups in total. The highest BCUT2D eigenvalue weighted by Crippen LogP contribution is 2.38. The van der Waals surface area contributed by atoms with Crippen LogP contribution in [0.4, 0.5) is 5.82 Å². The van der Waals surface area contributed by atoms with Crippen LogP contribution in [0.15, 0.2) is 32.3 Å². The fourth-order valence-corrected chi connectivity index (χ4v) is 3.94. The number of pyridine rings is 1. The highest BCUT2D eigenvalue weighted by Gasteiger charge is 2.27. The molecule has 0 saturated heterocycles. The highest BCUT2D eigenvalue weighted by atomic mass is 79.9. The van der Waals surface area contributed by atoms with E-state index < -0.39 is 5.69 Å². The quantitative estimate of drug-likeness (QED) is 0.645. The van der Waals surface area contributed by atoms with Gasteiger partial charge >= 0.3 is 5.69 Å². The number of nitrogens with zero attached hydrogens (tertiary/aromatic N) is 3. The van der Waals surface area contributed by atoms with Gasteiger partial charge < -0.3 is 11.1 Å². The van der Waals surface area contributed by atoms with Crippen LogP contribution in [-0.4, -0.2) is 20.2 Å². The Morgan fingerprint density at radius 2 is 1.96 bits per heavy atom. The second kappa shape index (κ2) is 6.86. The fraction of sp³-hybridized carbons (Fsp3) is 0.350. The Balaban J connectivity index is 2.23. The Morgan fingerprint density at radius 3 is 2.61 bits per heavy atom. The van der Waals surface area contributed by atoms with Crippen molar-refractivity contribution in [3.05, 3.63) is 54.6 Å².